The van der Waals surface area contributed by atoms with Gasteiger partial charge in [-0.25, -0.2) is 0 Å². The van der Waals surface area contributed by atoms with Crippen LogP contribution in [-0.4, -0.2) is 62.0 Å². The highest BCUT2D eigenvalue weighted by Crippen LogP contribution is 2.14. The molecule has 1 aromatic carbocycles. The fourth-order valence-electron chi connectivity index (χ4n) is 2.61. The van der Waals surface area contributed by atoms with Crippen molar-refractivity contribution in [3.63, 3.8) is 0 Å². The Balaban J connectivity index is 1.90. The number of morpholine rings is 1. The Hall–Kier alpha value is -1.10. The molecule has 4 nitrogen and oxygen atoms in total. The SMILES string of the molecule is CC1COCCN1CCN(CCCO)c1ccccc1. The number of para-hydroxylation sites is 1. The zero-order valence-corrected chi connectivity index (χ0v) is 12.4. The van der Waals surface area contributed by atoms with Gasteiger partial charge in [-0.2, -0.15) is 0 Å². The van der Waals surface area contributed by atoms with E-state index in [9.17, 15) is 0 Å². The minimum absolute atomic E-state index is 0.247. The number of aliphatic hydroxyl groups excluding tert-OH is 1. The highest BCUT2D eigenvalue weighted by Gasteiger charge is 2.19. The Labute approximate surface area is 122 Å². The number of hydrogen-bond acceptors (Lipinski definition) is 4. The average molecular weight is 278 g/mol. The van der Waals surface area contributed by atoms with Gasteiger partial charge in [0, 0.05) is 44.5 Å². The van der Waals surface area contributed by atoms with E-state index in [2.05, 4.69) is 41.0 Å². The molecule has 1 unspecified atom stereocenters. The van der Waals surface area contributed by atoms with Gasteiger partial charge < -0.3 is 14.7 Å². The fourth-order valence-corrected chi connectivity index (χ4v) is 2.61. The van der Waals surface area contributed by atoms with Crippen LogP contribution in [0.4, 0.5) is 5.69 Å². The molecule has 0 bridgehead atoms. The number of nitrogens with zero attached hydrogens (tertiary/aromatic N) is 2. The summed E-state index contributed by atoms with van der Waals surface area (Å²) in [7, 11) is 0. The minimum atomic E-state index is 0.247. The van der Waals surface area contributed by atoms with Gasteiger partial charge in [0.25, 0.3) is 0 Å². The molecule has 1 heterocycles. The second-order valence-electron chi connectivity index (χ2n) is 5.36. The van der Waals surface area contributed by atoms with Crippen LogP contribution >= 0.6 is 0 Å². The first-order chi connectivity index (χ1) is 9.81. The maximum Gasteiger partial charge on any atom is 0.0619 e. The summed E-state index contributed by atoms with van der Waals surface area (Å²) in [6, 6.07) is 11.0. The summed E-state index contributed by atoms with van der Waals surface area (Å²) in [5.74, 6) is 0. The summed E-state index contributed by atoms with van der Waals surface area (Å²) in [5.41, 5.74) is 1.24. The average Bonchev–Trinajstić information content (AvgIpc) is 2.50. The van der Waals surface area contributed by atoms with Gasteiger partial charge in [0.2, 0.25) is 0 Å². The number of rotatable bonds is 7. The van der Waals surface area contributed by atoms with Crippen LogP contribution in [0.15, 0.2) is 30.3 Å². The van der Waals surface area contributed by atoms with E-state index in [0.29, 0.717) is 6.04 Å². The predicted octanol–water partition coefficient (Wildman–Crippen LogP) is 1.60. The van der Waals surface area contributed by atoms with Crippen LogP contribution in [0.2, 0.25) is 0 Å². The summed E-state index contributed by atoms with van der Waals surface area (Å²) in [6.45, 7) is 8.10. The Bertz CT molecular complexity index is 372. The monoisotopic (exact) mass is 278 g/mol. The topological polar surface area (TPSA) is 35.9 Å². The van der Waals surface area contributed by atoms with Gasteiger partial charge in [0.05, 0.1) is 13.2 Å². The highest BCUT2D eigenvalue weighted by molar-refractivity contribution is 5.45. The first-order valence-corrected chi connectivity index (χ1v) is 7.54. The number of aliphatic hydroxyl groups is 1. The molecule has 20 heavy (non-hydrogen) atoms. The molecule has 4 heteroatoms. The standard InChI is InChI=1S/C16H26N2O2/c1-15-14-20-13-11-17(15)9-10-18(8-5-12-19)16-6-3-2-4-7-16/h2-4,6-7,15,19H,5,8-14H2,1H3. The maximum atomic E-state index is 9.07. The number of hydrogen-bond donors (Lipinski definition) is 1. The zero-order chi connectivity index (χ0) is 14.2. The lowest BCUT2D eigenvalue weighted by atomic mass is 10.2. The van der Waals surface area contributed by atoms with Crippen LogP contribution < -0.4 is 4.90 Å². The Kier molecular flexibility index (Phi) is 6.30. The second kappa shape index (κ2) is 8.25. The molecule has 0 spiro atoms. The van der Waals surface area contributed by atoms with Gasteiger partial charge in [0.1, 0.15) is 0 Å². The molecule has 1 fully saturated rings. The van der Waals surface area contributed by atoms with Crippen LogP contribution in [-0.2, 0) is 4.74 Å². The van der Waals surface area contributed by atoms with E-state index in [-0.39, 0.29) is 6.61 Å². The molecule has 1 N–H and O–H groups in total. The molecule has 1 aliphatic rings. The fraction of sp³-hybridized carbons (Fsp3) is 0.625. The third kappa shape index (κ3) is 4.47. The van der Waals surface area contributed by atoms with Crippen molar-refractivity contribution in [3.05, 3.63) is 30.3 Å². The third-order valence-electron chi connectivity index (χ3n) is 3.87. The Morgan fingerprint density at radius 1 is 1.30 bits per heavy atom. The van der Waals surface area contributed by atoms with Crippen molar-refractivity contribution in [3.8, 4) is 0 Å². The molecule has 112 valence electrons. The smallest absolute Gasteiger partial charge is 0.0619 e. The van der Waals surface area contributed by atoms with Crippen LogP contribution in [0.3, 0.4) is 0 Å². The van der Waals surface area contributed by atoms with Crippen molar-refractivity contribution in [2.75, 3.05) is 50.9 Å². The number of benzene rings is 1. The molecule has 2 rings (SSSR count). The molecule has 1 saturated heterocycles. The first-order valence-electron chi connectivity index (χ1n) is 7.54. The van der Waals surface area contributed by atoms with Crippen molar-refractivity contribution >= 4 is 5.69 Å². The van der Waals surface area contributed by atoms with Gasteiger partial charge in [-0.15, -0.1) is 0 Å². The van der Waals surface area contributed by atoms with E-state index in [4.69, 9.17) is 9.84 Å². The quantitative estimate of drug-likeness (QED) is 0.822. The van der Waals surface area contributed by atoms with Crippen LogP contribution in [0.25, 0.3) is 0 Å². The lowest BCUT2D eigenvalue weighted by molar-refractivity contribution is 0.00114. The summed E-state index contributed by atoms with van der Waals surface area (Å²) in [5, 5.41) is 9.07. The van der Waals surface area contributed by atoms with Crippen LogP contribution in [0, 0.1) is 0 Å². The number of ether oxygens (including phenoxy) is 1. The van der Waals surface area contributed by atoms with Crippen molar-refractivity contribution in [1.82, 2.24) is 4.90 Å². The zero-order valence-electron chi connectivity index (χ0n) is 12.4. The van der Waals surface area contributed by atoms with Gasteiger partial charge in [-0.05, 0) is 25.5 Å². The number of anilines is 1. The molecular formula is C16H26N2O2. The molecular weight excluding hydrogens is 252 g/mol. The first kappa shape index (κ1) is 15.3. The van der Waals surface area contributed by atoms with Crippen molar-refractivity contribution in [2.24, 2.45) is 0 Å². The van der Waals surface area contributed by atoms with Gasteiger partial charge in [-0.3, -0.25) is 4.90 Å². The second-order valence-corrected chi connectivity index (χ2v) is 5.36. The largest absolute Gasteiger partial charge is 0.396 e. The summed E-state index contributed by atoms with van der Waals surface area (Å²) < 4.78 is 5.48. The van der Waals surface area contributed by atoms with E-state index >= 15 is 0 Å². The van der Waals surface area contributed by atoms with Gasteiger partial charge >= 0.3 is 0 Å². The molecule has 0 aromatic heterocycles. The third-order valence-corrected chi connectivity index (χ3v) is 3.87. The molecule has 1 aromatic rings. The van der Waals surface area contributed by atoms with Crippen LogP contribution in [0.1, 0.15) is 13.3 Å². The summed E-state index contributed by atoms with van der Waals surface area (Å²) in [6.07, 6.45) is 0.813. The minimum Gasteiger partial charge on any atom is -0.396 e. The van der Waals surface area contributed by atoms with Gasteiger partial charge in [-0.1, -0.05) is 18.2 Å². The summed E-state index contributed by atoms with van der Waals surface area (Å²) >= 11 is 0. The summed E-state index contributed by atoms with van der Waals surface area (Å²) in [4.78, 5) is 4.84. The molecule has 0 aliphatic carbocycles. The van der Waals surface area contributed by atoms with Gasteiger partial charge in [0.15, 0.2) is 0 Å². The van der Waals surface area contributed by atoms with Crippen molar-refractivity contribution in [1.29, 1.82) is 0 Å². The Morgan fingerprint density at radius 3 is 2.80 bits per heavy atom. The van der Waals surface area contributed by atoms with Crippen molar-refractivity contribution in [2.45, 2.75) is 19.4 Å². The lowest BCUT2D eigenvalue weighted by Gasteiger charge is -2.35. The van der Waals surface area contributed by atoms with E-state index in [1.807, 2.05) is 6.07 Å². The highest BCUT2D eigenvalue weighted by atomic mass is 16.5. The van der Waals surface area contributed by atoms with E-state index in [1.54, 1.807) is 0 Å². The molecule has 1 aliphatic heterocycles. The Morgan fingerprint density at radius 2 is 2.10 bits per heavy atom. The molecule has 1 atom stereocenters. The molecule has 0 radical (unpaired) electrons. The maximum absolute atomic E-state index is 9.07. The van der Waals surface area contributed by atoms with E-state index in [1.165, 1.54) is 5.69 Å². The van der Waals surface area contributed by atoms with Crippen LogP contribution in [0.5, 0.6) is 0 Å². The predicted molar refractivity (Wildman–Crippen MR) is 82.2 cm³/mol. The van der Waals surface area contributed by atoms with Crippen molar-refractivity contribution < 1.29 is 9.84 Å². The molecule has 0 amide bonds. The van der Waals surface area contributed by atoms with E-state index < -0.39 is 0 Å². The van der Waals surface area contributed by atoms with E-state index in [0.717, 1.165) is 45.8 Å². The molecule has 0 saturated carbocycles. The lowest BCUT2D eigenvalue weighted by Crippen LogP contribution is -2.47. The normalized spacial score (nSPS) is 20.0.